The van der Waals surface area contributed by atoms with Gasteiger partial charge in [0.1, 0.15) is 17.2 Å². The molecule has 0 radical (unpaired) electrons. The minimum absolute atomic E-state index is 0.0192. The van der Waals surface area contributed by atoms with Gasteiger partial charge in [-0.15, -0.1) is 0 Å². The lowest BCUT2D eigenvalue weighted by Crippen LogP contribution is -2.46. The fourth-order valence-electron chi connectivity index (χ4n) is 9.16. The summed E-state index contributed by atoms with van der Waals surface area (Å²) in [5.41, 5.74) is 7.23. The first-order valence-electron chi connectivity index (χ1n) is 21.1. The number of piperazine rings is 2. The maximum atomic E-state index is 13.1. The molecule has 1 unspecified atom stereocenters. The molecule has 1 aliphatic carbocycles. The number of anilines is 5. The Balaban J connectivity index is 0.752. The van der Waals surface area contributed by atoms with Gasteiger partial charge in [-0.3, -0.25) is 24.6 Å². The van der Waals surface area contributed by atoms with Gasteiger partial charge in [-0.2, -0.15) is 4.98 Å². The van der Waals surface area contributed by atoms with Crippen LogP contribution in [0.4, 0.5) is 28.8 Å². The normalized spacial score (nSPS) is 19.4. The molecule has 1 atom stereocenters. The van der Waals surface area contributed by atoms with E-state index >= 15 is 0 Å². The summed E-state index contributed by atoms with van der Waals surface area (Å²) in [5, 5.41) is 6.65. The van der Waals surface area contributed by atoms with Crippen LogP contribution < -0.4 is 25.3 Å². The molecule has 6 heterocycles. The molecule has 3 amide bonds. The van der Waals surface area contributed by atoms with Crippen LogP contribution in [0.3, 0.4) is 0 Å². The highest BCUT2D eigenvalue weighted by molar-refractivity contribution is 6.01. The summed E-state index contributed by atoms with van der Waals surface area (Å²) in [6.45, 7) is 8.39. The van der Waals surface area contributed by atoms with Gasteiger partial charge < -0.3 is 29.5 Å². The van der Waals surface area contributed by atoms with Crippen molar-refractivity contribution in [1.29, 1.82) is 0 Å². The smallest absolute Gasteiger partial charge is 0.270 e. The predicted octanol–water partition coefficient (Wildman–Crippen LogP) is 5.56. The summed E-state index contributed by atoms with van der Waals surface area (Å²) in [5.74, 6) is 0.490. The molecule has 3 aromatic heterocycles. The lowest BCUT2D eigenvalue weighted by molar-refractivity contribution is -0.134. The van der Waals surface area contributed by atoms with Crippen LogP contribution in [0.1, 0.15) is 72.1 Å². The third kappa shape index (κ3) is 8.31. The van der Waals surface area contributed by atoms with E-state index in [0.29, 0.717) is 30.3 Å². The molecule has 0 spiro atoms. The number of benzene rings is 2. The number of hydrogen-bond donors (Lipinski definition) is 2. The minimum atomic E-state index is -0.266. The van der Waals surface area contributed by atoms with Gasteiger partial charge in [0.05, 0.1) is 17.8 Å². The highest BCUT2D eigenvalue weighted by Gasteiger charge is 2.29. The Bertz CT molecular complexity index is 2300. The van der Waals surface area contributed by atoms with Gasteiger partial charge in [0.2, 0.25) is 17.8 Å². The predicted molar refractivity (Wildman–Crippen MR) is 230 cm³/mol. The topological polar surface area (TPSA) is 135 Å². The summed E-state index contributed by atoms with van der Waals surface area (Å²) in [4.78, 5) is 62.7. The zero-order valence-electron chi connectivity index (χ0n) is 34.0. The molecular formula is C45H53N11O3. The van der Waals surface area contributed by atoms with E-state index in [1.54, 1.807) is 25.2 Å². The Hall–Kier alpha value is -6.02. The number of nitrogens with zero attached hydrogens (tertiary/aromatic N) is 9. The molecule has 1 saturated carbocycles. The molecule has 2 aromatic carbocycles. The first-order valence-corrected chi connectivity index (χ1v) is 21.1. The fraction of sp³-hybridized carbons (Fsp3) is 0.422. The van der Waals surface area contributed by atoms with E-state index < -0.39 is 0 Å². The maximum absolute atomic E-state index is 13.1. The number of aromatic nitrogens is 4. The van der Waals surface area contributed by atoms with Crippen molar-refractivity contribution in [3.63, 3.8) is 0 Å². The lowest BCUT2D eigenvalue weighted by atomic mass is 9.90. The molecule has 14 heteroatoms. The van der Waals surface area contributed by atoms with Crippen molar-refractivity contribution in [3.05, 3.63) is 95.9 Å². The Kier molecular flexibility index (Phi) is 10.9. The summed E-state index contributed by atoms with van der Waals surface area (Å²) in [6, 6.07) is 23.6. The number of amides is 3. The van der Waals surface area contributed by atoms with Crippen LogP contribution in [0.25, 0.3) is 11.0 Å². The van der Waals surface area contributed by atoms with Crippen LogP contribution in [0.5, 0.6) is 0 Å². The van der Waals surface area contributed by atoms with Crippen molar-refractivity contribution < 1.29 is 14.4 Å². The van der Waals surface area contributed by atoms with Crippen LogP contribution >= 0.6 is 0 Å². The molecular weight excluding hydrogens is 743 g/mol. The zero-order chi connectivity index (χ0) is 40.5. The van der Waals surface area contributed by atoms with Crippen molar-refractivity contribution in [2.45, 2.75) is 57.0 Å². The van der Waals surface area contributed by atoms with E-state index in [-0.39, 0.29) is 29.7 Å². The van der Waals surface area contributed by atoms with E-state index in [1.807, 2.05) is 30.5 Å². The van der Waals surface area contributed by atoms with Gasteiger partial charge in [0.15, 0.2) is 0 Å². The van der Waals surface area contributed by atoms with Crippen molar-refractivity contribution in [2.75, 3.05) is 86.5 Å². The Morgan fingerprint density at radius 2 is 1.47 bits per heavy atom. The zero-order valence-corrected chi connectivity index (χ0v) is 34.0. The van der Waals surface area contributed by atoms with Crippen LogP contribution in [-0.4, -0.2) is 113 Å². The minimum Gasteiger partial charge on any atom is -0.368 e. The third-order valence-electron chi connectivity index (χ3n) is 12.5. The third-order valence-corrected chi connectivity index (χ3v) is 12.5. The molecule has 5 aromatic rings. The van der Waals surface area contributed by atoms with Gasteiger partial charge in [0, 0.05) is 108 Å². The second-order valence-corrected chi connectivity index (χ2v) is 16.5. The van der Waals surface area contributed by atoms with Gasteiger partial charge in [-0.1, -0.05) is 37.1 Å². The molecule has 59 heavy (non-hydrogen) atoms. The summed E-state index contributed by atoms with van der Waals surface area (Å²) >= 11 is 0. The molecule has 14 nitrogen and oxygen atoms in total. The van der Waals surface area contributed by atoms with Crippen LogP contribution in [0.15, 0.2) is 79.1 Å². The van der Waals surface area contributed by atoms with Gasteiger partial charge >= 0.3 is 0 Å². The molecule has 4 fully saturated rings. The quantitative estimate of drug-likeness (QED) is 0.172. The Morgan fingerprint density at radius 3 is 2.17 bits per heavy atom. The Labute approximate surface area is 345 Å². The second-order valence-electron chi connectivity index (χ2n) is 16.5. The van der Waals surface area contributed by atoms with Gasteiger partial charge in [0.25, 0.3) is 5.91 Å². The van der Waals surface area contributed by atoms with Crippen LogP contribution in [0.2, 0.25) is 0 Å². The highest BCUT2D eigenvalue weighted by Crippen LogP contribution is 2.35. The van der Waals surface area contributed by atoms with Gasteiger partial charge in [-0.05, 0) is 72.9 Å². The monoisotopic (exact) mass is 795 g/mol. The fourth-order valence-corrected chi connectivity index (χ4v) is 9.16. The van der Waals surface area contributed by atoms with E-state index in [9.17, 15) is 14.4 Å². The van der Waals surface area contributed by atoms with Crippen molar-refractivity contribution in [2.24, 2.45) is 0 Å². The standard InChI is InChI=1S/C45H53N11O3/c1-51(2)44(59)39-27-33-28-47-45(50-42(33)56(39)35-7-3-4-8-35)48-40-16-14-37(29-46-40)55-20-18-52(19-21-55)30-31-10-12-34(13-11-31)53-22-24-54(25-23-53)36-9-5-6-32(26-36)38-15-17-41(57)49-43(38)58/h5-6,9-14,16,26-29,35,38H,3-4,7-8,15,17-25,30H2,1-2H3,(H,49,57,58)(H,46,47,48,50). The Morgan fingerprint density at radius 1 is 0.780 bits per heavy atom. The SMILES string of the molecule is CN(C)C(=O)c1cc2cnc(Nc3ccc(N4CCN(Cc5ccc(N6CCN(c7cccc(C8CCC(=O)NC8=O)c7)CC6)cc5)CC4)cn3)nc2n1C1CCCC1. The summed E-state index contributed by atoms with van der Waals surface area (Å²) in [7, 11) is 3.57. The largest absolute Gasteiger partial charge is 0.368 e. The maximum Gasteiger partial charge on any atom is 0.270 e. The molecule has 0 bridgehead atoms. The van der Waals surface area contributed by atoms with E-state index in [1.165, 1.54) is 11.3 Å². The van der Waals surface area contributed by atoms with Crippen molar-refractivity contribution in [1.82, 2.24) is 34.6 Å². The van der Waals surface area contributed by atoms with E-state index in [4.69, 9.17) is 9.97 Å². The number of rotatable bonds is 10. The molecule has 3 saturated heterocycles. The molecule has 2 N–H and O–H groups in total. The summed E-state index contributed by atoms with van der Waals surface area (Å²) in [6.07, 6.45) is 9.08. The number of carbonyl (C=O) groups excluding carboxylic acids is 3. The highest BCUT2D eigenvalue weighted by atomic mass is 16.2. The number of piperidine rings is 1. The first-order chi connectivity index (χ1) is 28.8. The van der Waals surface area contributed by atoms with Crippen LogP contribution in [0, 0.1) is 0 Å². The molecule has 306 valence electrons. The first kappa shape index (κ1) is 38.5. The number of imide groups is 1. The molecule has 9 rings (SSSR count). The number of fused-ring (bicyclic) bond motifs is 1. The second kappa shape index (κ2) is 16.7. The molecule has 3 aliphatic heterocycles. The van der Waals surface area contributed by atoms with Crippen molar-refractivity contribution in [3.8, 4) is 0 Å². The van der Waals surface area contributed by atoms with Crippen molar-refractivity contribution >= 4 is 57.6 Å². The van der Waals surface area contributed by atoms with Gasteiger partial charge in [-0.25, -0.2) is 9.97 Å². The number of hydrogen-bond acceptors (Lipinski definition) is 11. The number of carbonyl (C=O) groups is 3. The lowest BCUT2D eigenvalue weighted by Gasteiger charge is -2.38. The molecule has 4 aliphatic rings. The van der Waals surface area contributed by atoms with E-state index in [2.05, 4.69) is 82.2 Å². The van der Waals surface area contributed by atoms with E-state index in [0.717, 1.165) is 113 Å². The number of nitrogens with one attached hydrogen (secondary N) is 2. The number of pyridine rings is 1. The summed E-state index contributed by atoms with van der Waals surface area (Å²) < 4.78 is 2.13. The van der Waals surface area contributed by atoms with Crippen LogP contribution in [-0.2, 0) is 16.1 Å². The average Bonchev–Trinajstić information content (AvgIpc) is 3.93. The average molecular weight is 796 g/mol.